The summed E-state index contributed by atoms with van der Waals surface area (Å²) in [4.78, 5) is 34.1. The summed E-state index contributed by atoms with van der Waals surface area (Å²) in [7, 11) is 0. The Morgan fingerprint density at radius 3 is 2.67 bits per heavy atom. The second-order valence-corrected chi connectivity index (χ2v) is 9.13. The molecule has 4 aromatic rings. The summed E-state index contributed by atoms with van der Waals surface area (Å²) in [5.41, 5.74) is 1.39. The molecule has 1 aliphatic heterocycles. The SMILES string of the molecule is Cc1nc(N2C(=O)C(O)=C(C(=O)c3cc4ccccc4o3)C2c2cccs2)sc1C. The molecule has 1 aromatic carbocycles. The van der Waals surface area contributed by atoms with Crippen LogP contribution >= 0.6 is 22.7 Å². The van der Waals surface area contributed by atoms with Crippen molar-refractivity contribution in [3.63, 3.8) is 0 Å². The molecule has 0 spiro atoms. The smallest absolute Gasteiger partial charge is 0.296 e. The third-order valence-corrected chi connectivity index (χ3v) is 7.13. The van der Waals surface area contributed by atoms with Gasteiger partial charge in [-0.1, -0.05) is 24.3 Å². The number of fused-ring (bicyclic) bond motifs is 1. The van der Waals surface area contributed by atoms with E-state index in [1.807, 2.05) is 49.6 Å². The van der Waals surface area contributed by atoms with Crippen LogP contribution in [0.5, 0.6) is 0 Å². The number of carbonyl (C=O) groups is 2. The quantitative estimate of drug-likeness (QED) is 0.436. The van der Waals surface area contributed by atoms with Gasteiger partial charge in [0.15, 0.2) is 16.7 Å². The maximum atomic E-state index is 13.4. The molecule has 1 aliphatic rings. The highest BCUT2D eigenvalue weighted by Gasteiger charge is 2.47. The molecule has 0 saturated heterocycles. The molecular weight excluding hydrogens is 420 g/mol. The standard InChI is InChI=1S/C22H16N2O4S2/c1-11-12(2)30-22(23-11)24-18(16-8-5-9-29-16)17(20(26)21(24)27)19(25)15-10-13-6-3-4-7-14(13)28-15/h3-10,18,26H,1-2H3. The minimum atomic E-state index is -0.761. The van der Waals surface area contributed by atoms with Crippen molar-refractivity contribution in [2.24, 2.45) is 0 Å². The Morgan fingerprint density at radius 2 is 2.00 bits per heavy atom. The molecule has 0 fully saturated rings. The summed E-state index contributed by atoms with van der Waals surface area (Å²) in [6, 6.07) is 11.8. The van der Waals surface area contributed by atoms with E-state index in [9.17, 15) is 14.7 Å². The van der Waals surface area contributed by atoms with E-state index in [0.29, 0.717) is 10.7 Å². The van der Waals surface area contributed by atoms with Gasteiger partial charge in [0.25, 0.3) is 5.91 Å². The first-order chi connectivity index (χ1) is 14.5. The van der Waals surface area contributed by atoms with E-state index in [0.717, 1.165) is 20.8 Å². The number of ketones is 1. The molecule has 3 aromatic heterocycles. The number of anilines is 1. The predicted octanol–water partition coefficient (Wildman–Crippen LogP) is 5.35. The van der Waals surface area contributed by atoms with Gasteiger partial charge in [0.2, 0.25) is 5.78 Å². The zero-order chi connectivity index (χ0) is 21.0. The number of rotatable bonds is 4. The van der Waals surface area contributed by atoms with E-state index in [1.165, 1.54) is 27.6 Å². The molecule has 0 saturated carbocycles. The maximum absolute atomic E-state index is 13.4. The number of aliphatic hydroxyl groups is 1. The Bertz CT molecular complexity index is 1280. The van der Waals surface area contributed by atoms with Crippen LogP contribution in [0.1, 0.15) is 32.0 Å². The van der Waals surface area contributed by atoms with Gasteiger partial charge in [-0.25, -0.2) is 4.98 Å². The third-order valence-electron chi connectivity index (χ3n) is 5.14. The molecule has 0 bridgehead atoms. The van der Waals surface area contributed by atoms with Crippen molar-refractivity contribution in [2.45, 2.75) is 19.9 Å². The summed E-state index contributed by atoms with van der Waals surface area (Å²) in [5.74, 6) is -1.63. The molecule has 1 unspecified atom stereocenters. The average molecular weight is 437 g/mol. The van der Waals surface area contributed by atoms with E-state index < -0.39 is 23.5 Å². The third kappa shape index (κ3) is 2.79. The summed E-state index contributed by atoms with van der Waals surface area (Å²) in [6.07, 6.45) is 0. The van der Waals surface area contributed by atoms with Gasteiger partial charge in [0.1, 0.15) is 11.6 Å². The number of hydrogen-bond acceptors (Lipinski definition) is 7. The Morgan fingerprint density at radius 1 is 1.20 bits per heavy atom. The normalized spacial score (nSPS) is 16.8. The topological polar surface area (TPSA) is 83.6 Å². The van der Waals surface area contributed by atoms with Crippen molar-refractivity contribution >= 4 is 50.5 Å². The first kappa shape index (κ1) is 18.8. The molecule has 6 nitrogen and oxygen atoms in total. The second kappa shape index (κ2) is 6.93. The van der Waals surface area contributed by atoms with Crippen LogP contribution in [-0.2, 0) is 4.79 Å². The number of aliphatic hydroxyl groups excluding tert-OH is 1. The van der Waals surface area contributed by atoms with Crippen molar-refractivity contribution in [1.29, 1.82) is 0 Å². The molecule has 1 amide bonds. The van der Waals surface area contributed by atoms with Crippen molar-refractivity contribution in [3.05, 3.63) is 80.4 Å². The largest absolute Gasteiger partial charge is 0.503 e. The Kier molecular flexibility index (Phi) is 4.34. The number of hydrogen-bond donors (Lipinski definition) is 1. The number of thiophene rings is 1. The molecule has 8 heteroatoms. The van der Waals surface area contributed by atoms with E-state index in [4.69, 9.17) is 4.42 Å². The van der Waals surface area contributed by atoms with Crippen LogP contribution in [0.25, 0.3) is 11.0 Å². The predicted molar refractivity (Wildman–Crippen MR) is 116 cm³/mol. The van der Waals surface area contributed by atoms with Crippen molar-refractivity contribution < 1.29 is 19.1 Å². The first-order valence-corrected chi connectivity index (χ1v) is 10.9. The lowest BCUT2D eigenvalue weighted by Crippen LogP contribution is -2.30. The fourth-order valence-corrected chi connectivity index (χ4v) is 5.30. The lowest BCUT2D eigenvalue weighted by molar-refractivity contribution is -0.117. The van der Waals surface area contributed by atoms with Crippen LogP contribution in [0.4, 0.5) is 5.13 Å². The van der Waals surface area contributed by atoms with Crippen LogP contribution < -0.4 is 4.90 Å². The minimum Gasteiger partial charge on any atom is -0.503 e. The molecule has 5 rings (SSSR count). The average Bonchev–Trinajstić information content (AvgIpc) is 3.50. The van der Waals surface area contributed by atoms with E-state index in [1.54, 1.807) is 12.1 Å². The molecule has 4 heterocycles. The van der Waals surface area contributed by atoms with Gasteiger partial charge in [0, 0.05) is 15.1 Å². The number of aromatic nitrogens is 1. The maximum Gasteiger partial charge on any atom is 0.296 e. The van der Waals surface area contributed by atoms with Gasteiger partial charge in [-0.05, 0) is 37.4 Å². The van der Waals surface area contributed by atoms with Crippen LogP contribution in [0.15, 0.2) is 63.6 Å². The summed E-state index contributed by atoms with van der Waals surface area (Å²) < 4.78 is 5.72. The Hall–Kier alpha value is -3.23. The van der Waals surface area contributed by atoms with Gasteiger partial charge in [-0.15, -0.1) is 22.7 Å². The van der Waals surface area contributed by atoms with Crippen molar-refractivity contribution in [1.82, 2.24) is 4.98 Å². The van der Waals surface area contributed by atoms with E-state index in [2.05, 4.69) is 4.98 Å². The van der Waals surface area contributed by atoms with Crippen LogP contribution in [0.2, 0.25) is 0 Å². The zero-order valence-corrected chi connectivity index (χ0v) is 17.7. The number of thiazole rings is 1. The minimum absolute atomic E-state index is 0.00649. The monoisotopic (exact) mass is 436 g/mol. The molecule has 0 aliphatic carbocycles. The molecule has 1 atom stereocenters. The number of nitrogens with zero attached hydrogens (tertiary/aromatic N) is 2. The van der Waals surface area contributed by atoms with Gasteiger partial charge >= 0.3 is 0 Å². The lowest BCUT2D eigenvalue weighted by Gasteiger charge is -2.22. The number of amides is 1. The molecule has 1 N–H and O–H groups in total. The fraction of sp³-hybridized carbons (Fsp3) is 0.136. The number of para-hydroxylation sites is 1. The fourth-order valence-electron chi connectivity index (χ4n) is 3.54. The van der Waals surface area contributed by atoms with Gasteiger partial charge in [-0.3, -0.25) is 14.5 Å². The molecular formula is C22H16N2O4S2. The van der Waals surface area contributed by atoms with Crippen molar-refractivity contribution in [2.75, 3.05) is 4.90 Å². The number of benzene rings is 1. The summed E-state index contributed by atoms with van der Waals surface area (Å²) >= 11 is 2.77. The highest BCUT2D eigenvalue weighted by molar-refractivity contribution is 7.16. The van der Waals surface area contributed by atoms with Gasteiger partial charge in [-0.2, -0.15) is 0 Å². The van der Waals surface area contributed by atoms with Gasteiger partial charge in [0.05, 0.1) is 11.3 Å². The molecule has 150 valence electrons. The zero-order valence-electron chi connectivity index (χ0n) is 16.1. The van der Waals surface area contributed by atoms with Crippen LogP contribution in [0.3, 0.4) is 0 Å². The Labute approximate surface area is 179 Å². The first-order valence-electron chi connectivity index (χ1n) is 9.23. The summed E-state index contributed by atoms with van der Waals surface area (Å²) in [5, 5.41) is 13.8. The second-order valence-electron chi connectivity index (χ2n) is 6.97. The lowest BCUT2D eigenvalue weighted by atomic mass is 10.0. The number of carbonyl (C=O) groups excluding carboxylic acids is 2. The molecule has 30 heavy (non-hydrogen) atoms. The number of furan rings is 1. The van der Waals surface area contributed by atoms with Crippen LogP contribution in [0, 0.1) is 13.8 Å². The van der Waals surface area contributed by atoms with Crippen LogP contribution in [-0.4, -0.2) is 21.8 Å². The number of aryl methyl sites for hydroxylation is 2. The van der Waals surface area contributed by atoms with E-state index >= 15 is 0 Å². The van der Waals surface area contributed by atoms with E-state index in [-0.39, 0.29) is 11.3 Å². The highest BCUT2D eigenvalue weighted by atomic mass is 32.1. The number of Topliss-reactive ketones (excluding diaryl/α,β-unsaturated/α-hetero) is 1. The summed E-state index contributed by atoms with van der Waals surface area (Å²) in [6.45, 7) is 3.79. The highest BCUT2D eigenvalue weighted by Crippen LogP contribution is 2.45. The van der Waals surface area contributed by atoms with Gasteiger partial charge < -0.3 is 9.52 Å². The van der Waals surface area contributed by atoms with Crippen molar-refractivity contribution in [3.8, 4) is 0 Å². The Balaban J connectivity index is 1.65. The molecule has 0 radical (unpaired) electrons.